The average molecular weight is 365 g/mol. The summed E-state index contributed by atoms with van der Waals surface area (Å²) in [5.41, 5.74) is 2.47. The van der Waals surface area contributed by atoms with E-state index < -0.39 is 5.91 Å². The molecule has 2 aromatic carbocycles. The van der Waals surface area contributed by atoms with Crippen LogP contribution in [0, 0.1) is 11.3 Å². The largest absolute Gasteiger partial charge is 0.493 e. The Labute approximate surface area is 159 Å². The quantitative estimate of drug-likeness (QED) is 0.565. The molecule has 6 heteroatoms. The van der Waals surface area contributed by atoms with Crippen molar-refractivity contribution in [2.45, 2.75) is 19.8 Å². The van der Waals surface area contributed by atoms with Crippen molar-refractivity contribution in [2.24, 2.45) is 0 Å². The number of nitriles is 1. The van der Waals surface area contributed by atoms with E-state index >= 15 is 0 Å². The molecular weight excluding hydrogens is 342 g/mol. The van der Waals surface area contributed by atoms with Gasteiger partial charge in [0.05, 0.1) is 14.2 Å². The Balaban J connectivity index is 2.09. The molecule has 0 spiro atoms. The van der Waals surface area contributed by atoms with E-state index in [-0.39, 0.29) is 5.57 Å². The van der Waals surface area contributed by atoms with Crippen LogP contribution < -0.4 is 20.1 Å². The van der Waals surface area contributed by atoms with Gasteiger partial charge in [0.1, 0.15) is 11.6 Å². The highest BCUT2D eigenvalue weighted by atomic mass is 16.5. The lowest BCUT2D eigenvalue weighted by Gasteiger charge is -2.10. The summed E-state index contributed by atoms with van der Waals surface area (Å²) >= 11 is 0. The van der Waals surface area contributed by atoms with E-state index in [1.165, 1.54) is 26.0 Å². The highest BCUT2D eigenvalue weighted by Gasteiger charge is 2.11. The fourth-order valence-electron chi connectivity index (χ4n) is 2.38. The van der Waals surface area contributed by atoms with Crippen molar-refractivity contribution in [1.29, 1.82) is 5.26 Å². The predicted octanol–water partition coefficient (Wildman–Crippen LogP) is 4.29. The monoisotopic (exact) mass is 365 g/mol. The van der Waals surface area contributed by atoms with Crippen LogP contribution in [0.2, 0.25) is 0 Å². The molecule has 6 nitrogen and oxygen atoms in total. The van der Waals surface area contributed by atoms with Crippen molar-refractivity contribution >= 4 is 17.3 Å². The maximum atomic E-state index is 12.3. The zero-order valence-electron chi connectivity index (χ0n) is 15.9. The Bertz CT molecular complexity index is 865. The van der Waals surface area contributed by atoms with Crippen LogP contribution in [0.1, 0.15) is 25.3 Å². The van der Waals surface area contributed by atoms with Gasteiger partial charge in [-0.05, 0) is 35.7 Å². The topological polar surface area (TPSA) is 83.4 Å². The lowest BCUT2D eigenvalue weighted by molar-refractivity contribution is -0.112. The Morgan fingerprint density at radius 3 is 2.22 bits per heavy atom. The van der Waals surface area contributed by atoms with Crippen molar-refractivity contribution in [3.63, 3.8) is 0 Å². The third-order valence-corrected chi connectivity index (χ3v) is 3.97. The molecule has 27 heavy (non-hydrogen) atoms. The minimum atomic E-state index is -0.518. The van der Waals surface area contributed by atoms with Crippen molar-refractivity contribution in [3.05, 3.63) is 59.8 Å². The third-order valence-electron chi connectivity index (χ3n) is 3.97. The minimum Gasteiger partial charge on any atom is -0.493 e. The molecule has 0 aliphatic heterocycles. The molecule has 0 fully saturated rings. The molecule has 0 radical (unpaired) electrons. The van der Waals surface area contributed by atoms with Gasteiger partial charge in [-0.3, -0.25) is 4.79 Å². The maximum absolute atomic E-state index is 12.3. The Hall–Kier alpha value is -3.46. The summed E-state index contributed by atoms with van der Waals surface area (Å²) in [6.07, 6.45) is 1.39. The molecule has 0 bridgehead atoms. The predicted molar refractivity (Wildman–Crippen MR) is 106 cm³/mol. The van der Waals surface area contributed by atoms with Crippen LogP contribution in [0.25, 0.3) is 0 Å². The first-order chi connectivity index (χ1) is 13.0. The molecule has 2 rings (SSSR count). The summed E-state index contributed by atoms with van der Waals surface area (Å²) in [7, 11) is 3.05. The first-order valence-corrected chi connectivity index (χ1v) is 8.48. The van der Waals surface area contributed by atoms with Gasteiger partial charge < -0.3 is 20.1 Å². The van der Waals surface area contributed by atoms with Gasteiger partial charge in [-0.1, -0.05) is 26.0 Å². The van der Waals surface area contributed by atoms with Crippen LogP contribution in [-0.2, 0) is 4.79 Å². The fraction of sp³-hybridized carbons (Fsp3) is 0.238. The zero-order chi connectivity index (χ0) is 19.8. The summed E-state index contributed by atoms with van der Waals surface area (Å²) in [6.45, 7) is 4.24. The van der Waals surface area contributed by atoms with E-state index in [1.54, 1.807) is 18.2 Å². The zero-order valence-corrected chi connectivity index (χ0v) is 15.9. The van der Waals surface area contributed by atoms with Gasteiger partial charge in [-0.25, -0.2) is 0 Å². The Morgan fingerprint density at radius 1 is 1.04 bits per heavy atom. The number of nitrogens with zero attached hydrogens (tertiary/aromatic N) is 1. The number of rotatable bonds is 7. The number of amides is 1. The van der Waals surface area contributed by atoms with Crippen LogP contribution in [0.4, 0.5) is 11.4 Å². The van der Waals surface area contributed by atoms with Crippen LogP contribution in [0.3, 0.4) is 0 Å². The standard InChI is InChI=1S/C21H23N3O3/c1-14(2)15-5-7-17(8-6-15)23-13-16(12-22)21(25)24-18-9-10-19(26-3)20(11-18)27-4/h5-11,13-14,23H,1-4H3,(H,24,25)/b16-13-. The molecule has 2 aromatic rings. The maximum Gasteiger partial charge on any atom is 0.267 e. The van der Waals surface area contributed by atoms with Gasteiger partial charge in [0.2, 0.25) is 0 Å². The molecule has 0 aromatic heterocycles. The number of carbonyl (C=O) groups excluding carboxylic acids is 1. The number of hydrogen-bond acceptors (Lipinski definition) is 5. The van der Waals surface area contributed by atoms with Gasteiger partial charge in [0, 0.05) is 23.6 Å². The lowest BCUT2D eigenvalue weighted by Crippen LogP contribution is -2.14. The first kappa shape index (κ1) is 19.9. The molecule has 2 N–H and O–H groups in total. The van der Waals surface area contributed by atoms with Crippen LogP contribution in [0.15, 0.2) is 54.2 Å². The van der Waals surface area contributed by atoms with Gasteiger partial charge in [0.15, 0.2) is 11.5 Å². The molecule has 0 saturated heterocycles. The summed E-state index contributed by atoms with van der Waals surface area (Å²) in [5.74, 6) is 0.965. The normalized spacial score (nSPS) is 10.9. The van der Waals surface area contributed by atoms with Gasteiger partial charge in [-0.2, -0.15) is 5.26 Å². The SMILES string of the molecule is COc1ccc(NC(=O)/C(C#N)=C\Nc2ccc(C(C)C)cc2)cc1OC. The smallest absolute Gasteiger partial charge is 0.267 e. The molecule has 0 atom stereocenters. The van der Waals surface area contributed by atoms with E-state index in [1.807, 2.05) is 30.3 Å². The molecule has 0 aliphatic rings. The van der Waals surface area contributed by atoms with Crippen molar-refractivity contribution in [2.75, 3.05) is 24.9 Å². The van der Waals surface area contributed by atoms with Crippen LogP contribution >= 0.6 is 0 Å². The molecule has 1 amide bonds. The number of anilines is 2. The minimum absolute atomic E-state index is 0.0438. The second kappa shape index (κ2) is 9.30. The van der Waals surface area contributed by atoms with E-state index in [4.69, 9.17) is 9.47 Å². The van der Waals surface area contributed by atoms with Crippen molar-refractivity contribution in [3.8, 4) is 17.6 Å². The number of hydrogen-bond donors (Lipinski definition) is 2. The summed E-state index contributed by atoms with van der Waals surface area (Å²) < 4.78 is 10.4. The number of benzene rings is 2. The summed E-state index contributed by atoms with van der Waals surface area (Å²) in [4.78, 5) is 12.3. The highest BCUT2D eigenvalue weighted by Crippen LogP contribution is 2.29. The molecular formula is C21H23N3O3. The molecule has 0 heterocycles. The van der Waals surface area contributed by atoms with E-state index in [0.29, 0.717) is 23.1 Å². The van der Waals surface area contributed by atoms with Gasteiger partial charge >= 0.3 is 0 Å². The van der Waals surface area contributed by atoms with E-state index in [2.05, 4.69) is 24.5 Å². The van der Waals surface area contributed by atoms with E-state index in [9.17, 15) is 10.1 Å². The van der Waals surface area contributed by atoms with Crippen LogP contribution in [0.5, 0.6) is 11.5 Å². The molecule has 0 unspecified atom stereocenters. The molecule has 140 valence electrons. The second-order valence-corrected chi connectivity index (χ2v) is 6.11. The van der Waals surface area contributed by atoms with Crippen molar-refractivity contribution in [1.82, 2.24) is 0 Å². The number of nitrogens with one attached hydrogen (secondary N) is 2. The van der Waals surface area contributed by atoms with E-state index in [0.717, 1.165) is 5.69 Å². The fourth-order valence-corrected chi connectivity index (χ4v) is 2.38. The number of carbonyl (C=O) groups is 1. The van der Waals surface area contributed by atoms with Gasteiger partial charge in [0.25, 0.3) is 5.91 Å². The second-order valence-electron chi connectivity index (χ2n) is 6.11. The summed E-state index contributed by atoms with van der Waals surface area (Å²) in [5, 5.41) is 14.9. The van der Waals surface area contributed by atoms with Gasteiger partial charge in [-0.15, -0.1) is 0 Å². The number of ether oxygens (including phenoxy) is 2. The Kier molecular flexibility index (Phi) is 6.84. The molecule has 0 saturated carbocycles. The van der Waals surface area contributed by atoms with Crippen LogP contribution in [-0.4, -0.2) is 20.1 Å². The third kappa shape index (κ3) is 5.25. The summed E-state index contributed by atoms with van der Waals surface area (Å²) in [6, 6.07) is 14.7. The average Bonchev–Trinajstić information content (AvgIpc) is 2.68. The van der Waals surface area contributed by atoms with Crippen molar-refractivity contribution < 1.29 is 14.3 Å². The lowest BCUT2D eigenvalue weighted by atomic mass is 10.0. The Morgan fingerprint density at radius 2 is 1.67 bits per heavy atom. The molecule has 0 aliphatic carbocycles. The highest BCUT2D eigenvalue weighted by molar-refractivity contribution is 6.06. The number of methoxy groups -OCH3 is 2. The first-order valence-electron chi connectivity index (χ1n) is 8.48.